The first-order valence-corrected chi connectivity index (χ1v) is 8.11. The molecule has 0 aliphatic heterocycles. The number of rotatable bonds is 5. The van der Waals surface area contributed by atoms with Gasteiger partial charge in [0.25, 0.3) is 0 Å². The molecule has 0 saturated carbocycles. The van der Waals surface area contributed by atoms with Crippen LogP contribution in [0.15, 0.2) is 23.1 Å². The van der Waals surface area contributed by atoms with Crippen molar-refractivity contribution in [2.45, 2.75) is 32.1 Å². The smallest absolute Gasteiger partial charge is 0.243 e. The fraction of sp³-hybridized carbons (Fsp3) is 0.467. The molecule has 0 aromatic heterocycles. The van der Waals surface area contributed by atoms with Gasteiger partial charge in [0.2, 0.25) is 10.0 Å². The summed E-state index contributed by atoms with van der Waals surface area (Å²) in [5.41, 5.74) is 1.36. The molecule has 110 valence electrons. The molecule has 0 spiro atoms. The summed E-state index contributed by atoms with van der Waals surface area (Å²) in [6.45, 7) is 6.31. The van der Waals surface area contributed by atoms with Gasteiger partial charge in [-0.3, -0.25) is 0 Å². The van der Waals surface area contributed by atoms with Crippen molar-refractivity contribution in [1.82, 2.24) is 4.31 Å². The molecular formula is C15H21NO3S. The zero-order valence-electron chi connectivity index (χ0n) is 12.2. The minimum atomic E-state index is -3.47. The van der Waals surface area contributed by atoms with Crippen LogP contribution in [0.2, 0.25) is 0 Å². The molecule has 1 aromatic rings. The van der Waals surface area contributed by atoms with Crippen LogP contribution in [0.5, 0.6) is 0 Å². The van der Waals surface area contributed by atoms with Crippen molar-refractivity contribution in [3.8, 4) is 11.8 Å². The lowest BCUT2D eigenvalue weighted by molar-refractivity contribution is 0.305. The molecule has 0 fully saturated rings. The maximum absolute atomic E-state index is 12.5. The highest BCUT2D eigenvalue weighted by Gasteiger charge is 2.23. The second-order valence-corrected chi connectivity index (χ2v) is 6.25. The number of aliphatic hydroxyl groups excluding tert-OH is 1. The average Bonchev–Trinajstić information content (AvgIpc) is 2.41. The van der Waals surface area contributed by atoms with E-state index in [1.165, 1.54) is 4.31 Å². The van der Waals surface area contributed by atoms with E-state index < -0.39 is 10.0 Å². The lowest BCUT2D eigenvalue weighted by atomic mass is 10.1. The Bertz CT molecular complexity index is 608. The first kappa shape index (κ1) is 16.7. The van der Waals surface area contributed by atoms with E-state index in [4.69, 9.17) is 5.11 Å². The minimum absolute atomic E-state index is 0.00344. The van der Waals surface area contributed by atoms with Crippen molar-refractivity contribution in [2.24, 2.45) is 0 Å². The number of aryl methyl sites for hydroxylation is 1. The molecule has 0 atom stereocenters. The molecular weight excluding hydrogens is 274 g/mol. The van der Waals surface area contributed by atoms with E-state index in [-0.39, 0.29) is 6.61 Å². The molecule has 1 rings (SSSR count). The quantitative estimate of drug-likeness (QED) is 0.842. The minimum Gasteiger partial charge on any atom is -0.395 e. The molecule has 0 saturated heterocycles. The Hall–Kier alpha value is -1.35. The lowest BCUT2D eigenvalue weighted by Crippen LogP contribution is -2.31. The summed E-state index contributed by atoms with van der Waals surface area (Å²) in [4.78, 5) is 0.303. The second-order valence-electron chi connectivity index (χ2n) is 4.34. The Balaban J connectivity index is 3.25. The van der Waals surface area contributed by atoms with Crippen LogP contribution in [0.1, 0.15) is 31.4 Å². The fourth-order valence-electron chi connectivity index (χ4n) is 1.88. The van der Waals surface area contributed by atoms with E-state index in [9.17, 15) is 8.42 Å². The van der Waals surface area contributed by atoms with E-state index in [2.05, 4.69) is 11.8 Å². The highest BCUT2D eigenvalue weighted by Crippen LogP contribution is 2.21. The van der Waals surface area contributed by atoms with Crippen LogP contribution in [0.3, 0.4) is 0 Å². The third-order valence-electron chi connectivity index (χ3n) is 2.98. The third-order valence-corrected chi connectivity index (χ3v) is 5.17. The van der Waals surface area contributed by atoms with Gasteiger partial charge in [-0.2, -0.15) is 4.31 Å². The highest BCUT2D eigenvalue weighted by molar-refractivity contribution is 7.89. The van der Waals surface area contributed by atoms with Gasteiger partial charge in [-0.25, -0.2) is 8.42 Å². The molecule has 1 N–H and O–H groups in total. The lowest BCUT2D eigenvalue weighted by Gasteiger charge is -2.19. The van der Waals surface area contributed by atoms with E-state index in [1.54, 1.807) is 25.1 Å². The van der Waals surface area contributed by atoms with Crippen LogP contribution >= 0.6 is 0 Å². The SMILES string of the molecule is CCN(CC)S(=O)(=O)c1cc(C#CCCO)ccc1C. The summed E-state index contributed by atoms with van der Waals surface area (Å²) in [5.74, 6) is 5.67. The number of hydrogen-bond donors (Lipinski definition) is 1. The molecule has 0 aliphatic rings. The largest absolute Gasteiger partial charge is 0.395 e. The molecule has 0 amide bonds. The first-order valence-electron chi connectivity index (χ1n) is 6.67. The van der Waals surface area contributed by atoms with Gasteiger partial charge < -0.3 is 5.11 Å². The van der Waals surface area contributed by atoms with Crippen LogP contribution < -0.4 is 0 Å². The van der Waals surface area contributed by atoms with Gasteiger partial charge in [0.05, 0.1) is 11.5 Å². The Morgan fingerprint density at radius 1 is 1.25 bits per heavy atom. The molecule has 0 heterocycles. The summed E-state index contributed by atoms with van der Waals surface area (Å²) in [6, 6.07) is 5.16. The van der Waals surface area contributed by atoms with E-state index >= 15 is 0 Å². The summed E-state index contributed by atoms with van der Waals surface area (Å²) in [5, 5.41) is 8.70. The maximum atomic E-state index is 12.5. The zero-order valence-corrected chi connectivity index (χ0v) is 13.0. The van der Waals surface area contributed by atoms with Gasteiger partial charge >= 0.3 is 0 Å². The molecule has 0 bridgehead atoms. The van der Waals surface area contributed by atoms with Crippen molar-refractivity contribution in [1.29, 1.82) is 0 Å². The number of aliphatic hydroxyl groups is 1. The van der Waals surface area contributed by atoms with Gasteiger partial charge in [0, 0.05) is 25.1 Å². The van der Waals surface area contributed by atoms with Crippen LogP contribution in [0, 0.1) is 18.8 Å². The predicted octanol–water partition coefficient (Wildman–Crippen LogP) is 1.76. The average molecular weight is 295 g/mol. The van der Waals surface area contributed by atoms with Crippen molar-refractivity contribution in [2.75, 3.05) is 19.7 Å². The molecule has 0 radical (unpaired) electrons. The summed E-state index contributed by atoms with van der Waals surface area (Å²) >= 11 is 0. The maximum Gasteiger partial charge on any atom is 0.243 e. The summed E-state index contributed by atoms with van der Waals surface area (Å²) in [6.07, 6.45) is 0.381. The van der Waals surface area contributed by atoms with Crippen molar-refractivity contribution in [3.63, 3.8) is 0 Å². The van der Waals surface area contributed by atoms with Gasteiger partial charge in [-0.15, -0.1) is 0 Å². The van der Waals surface area contributed by atoms with Gasteiger partial charge in [-0.05, 0) is 24.6 Å². The number of nitrogens with zero attached hydrogens (tertiary/aromatic N) is 1. The second kappa shape index (κ2) is 7.44. The number of hydrogen-bond acceptors (Lipinski definition) is 3. The molecule has 20 heavy (non-hydrogen) atoms. The summed E-state index contributed by atoms with van der Waals surface area (Å²) < 4.78 is 26.5. The van der Waals surface area contributed by atoms with Crippen molar-refractivity contribution >= 4 is 10.0 Å². The molecule has 1 aromatic carbocycles. The van der Waals surface area contributed by atoms with Crippen LogP contribution in [0.25, 0.3) is 0 Å². The van der Waals surface area contributed by atoms with Gasteiger partial charge in [0.15, 0.2) is 0 Å². The van der Waals surface area contributed by atoms with E-state index in [0.29, 0.717) is 35.5 Å². The van der Waals surface area contributed by atoms with E-state index in [1.807, 2.05) is 13.8 Å². The highest BCUT2D eigenvalue weighted by atomic mass is 32.2. The predicted molar refractivity (Wildman–Crippen MR) is 79.9 cm³/mol. The first-order chi connectivity index (χ1) is 9.47. The van der Waals surface area contributed by atoms with Crippen LogP contribution in [-0.4, -0.2) is 37.5 Å². The Kier molecular flexibility index (Phi) is 6.21. The molecule has 5 heteroatoms. The monoisotopic (exact) mass is 295 g/mol. The fourth-order valence-corrected chi connectivity index (χ4v) is 3.59. The van der Waals surface area contributed by atoms with Gasteiger partial charge in [0.1, 0.15) is 0 Å². The Morgan fingerprint density at radius 3 is 2.45 bits per heavy atom. The van der Waals surface area contributed by atoms with Crippen molar-refractivity contribution < 1.29 is 13.5 Å². The zero-order chi connectivity index (χ0) is 15.2. The standard InChI is InChI=1S/C15H21NO3S/c1-4-16(5-2)20(18,19)15-12-14(8-6-7-11-17)10-9-13(15)3/h9-10,12,17H,4-5,7,11H2,1-3H3. The normalized spacial score (nSPS) is 11.2. The van der Waals surface area contributed by atoms with Crippen LogP contribution in [-0.2, 0) is 10.0 Å². The molecule has 0 unspecified atom stereocenters. The van der Waals surface area contributed by atoms with E-state index in [0.717, 1.165) is 0 Å². The van der Waals surface area contributed by atoms with Crippen LogP contribution in [0.4, 0.5) is 0 Å². The molecule has 4 nitrogen and oxygen atoms in total. The number of sulfonamides is 1. The Labute approximate surface area is 121 Å². The van der Waals surface area contributed by atoms with Crippen molar-refractivity contribution in [3.05, 3.63) is 29.3 Å². The molecule has 0 aliphatic carbocycles. The number of benzene rings is 1. The Morgan fingerprint density at radius 2 is 1.90 bits per heavy atom. The summed E-state index contributed by atoms with van der Waals surface area (Å²) in [7, 11) is -3.47. The van der Waals surface area contributed by atoms with Gasteiger partial charge in [-0.1, -0.05) is 31.8 Å². The third kappa shape index (κ3) is 3.83. The topological polar surface area (TPSA) is 57.6 Å².